The van der Waals surface area contributed by atoms with Crippen LogP contribution in [-0.4, -0.2) is 51.2 Å². The highest BCUT2D eigenvalue weighted by molar-refractivity contribution is 7.89. The zero-order valence-corrected chi connectivity index (χ0v) is 8.51. The van der Waals surface area contributed by atoms with Gasteiger partial charge in [-0.2, -0.15) is 0 Å². The number of sulfonamides is 1. The van der Waals surface area contributed by atoms with Gasteiger partial charge in [-0.15, -0.1) is 0 Å². The summed E-state index contributed by atoms with van der Waals surface area (Å²) in [5.41, 5.74) is 0. The van der Waals surface area contributed by atoms with E-state index in [4.69, 9.17) is 7.05 Å². The molecule has 0 aromatic carbocycles. The third kappa shape index (κ3) is 3.60. The highest BCUT2D eigenvalue weighted by atomic mass is 32.2. The van der Waals surface area contributed by atoms with Crippen LogP contribution in [0.1, 0.15) is 0 Å². The highest BCUT2D eigenvalue weighted by Crippen LogP contribution is 1.94. The lowest BCUT2D eigenvalue weighted by molar-refractivity contribution is -0.123. The Hall–Kier alpha value is -0.660. The van der Waals surface area contributed by atoms with Crippen LogP contribution in [0, 0.1) is 7.05 Å². The fourth-order valence-corrected chi connectivity index (χ4v) is 1.81. The summed E-state index contributed by atoms with van der Waals surface area (Å²) < 4.78 is 23.7. The summed E-state index contributed by atoms with van der Waals surface area (Å²) in [5, 5.41) is 2.65. The Morgan fingerprint density at radius 2 is 2.29 bits per heavy atom. The van der Waals surface area contributed by atoms with Gasteiger partial charge in [-0.25, -0.2) is 13.1 Å². The molecule has 2 N–H and O–H groups in total. The second-order valence-corrected chi connectivity index (χ2v) is 4.94. The molecule has 1 rings (SSSR count). The number of piperazine rings is 1. The minimum Gasteiger partial charge on any atom is -0.354 e. The van der Waals surface area contributed by atoms with Crippen LogP contribution in [0.3, 0.4) is 0 Å². The second-order valence-electron chi connectivity index (χ2n) is 3.06. The average Bonchev–Trinajstić information content (AvgIpc) is 2.15. The van der Waals surface area contributed by atoms with Gasteiger partial charge in [0, 0.05) is 19.6 Å². The van der Waals surface area contributed by atoms with E-state index in [-0.39, 0.29) is 18.2 Å². The topological polar surface area (TPSA) is 78.5 Å². The Kier molecular flexibility index (Phi) is 3.85. The van der Waals surface area contributed by atoms with Crippen LogP contribution in [0.15, 0.2) is 0 Å². The Morgan fingerprint density at radius 3 is 2.86 bits per heavy atom. The third-order valence-electron chi connectivity index (χ3n) is 1.97. The van der Waals surface area contributed by atoms with Gasteiger partial charge in [0.2, 0.25) is 15.9 Å². The maximum atomic E-state index is 11.0. The molecule has 0 aromatic rings. The number of hydrogen-bond donors (Lipinski definition) is 2. The minimum absolute atomic E-state index is 0.0747. The largest absolute Gasteiger partial charge is 0.354 e. The Morgan fingerprint density at radius 1 is 1.57 bits per heavy atom. The maximum absolute atomic E-state index is 11.0. The summed E-state index contributed by atoms with van der Waals surface area (Å²) in [5.74, 6) is -0.161. The van der Waals surface area contributed by atoms with Crippen molar-refractivity contribution in [3.05, 3.63) is 7.05 Å². The zero-order chi connectivity index (χ0) is 10.6. The van der Waals surface area contributed by atoms with Crippen molar-refractivity contribution < 1.29 is 13.2 Å². The van der Waals surface area contributed by atoms with E-state index >= 15 is 0 Å². The van der Waals surface area contributed by atoms with Gasteiger partial charge in [0.1, 0.15) is 0 Å². The lowest BCUT2D eigenvalue weighted by Gasteiger charge is -2.25. The van der Waals surface area contributed by atoms with E-state index in [0.717, 1.165) is 0 Å². The predicted molar refractivity (Wildman–Crippen MR) is 50.7 cm³/mol. The van der Waals surface area contributed by atoms with Crippen LogP contribution >= 0.6 is 0 Å². The van der Waals surface area contributed by atoms with Crippen LogP contribution in [0.25, 0.3) is 0 Å². The third-order valence-corrected chi connectivity index (χ3v) is 3.05. The smallest absolute Gasteiger partial charge is 0.234 e. The normalized spacial score (nSPS) is 19.4. The van der Waals surface area contributed by atoms with Gasteiger partial charge in [-0.1, -0.05) is 0 Å². The molecule has 2 radical (unpaired) electrons. The molecule has 0 spiro atoms. The summed E-state index contributed by atoms with van der Waals surface area (Å²) in [6.07, 6.45) is 0. The van der Waals surface area contributed by atoms with E-state index in [0.29, 0.717) is 19.6 Å². The molecule has 0 aromatic heterocycles. The first-order chi connectivity index (χ1) is 6.53. The molecule has 14 heavy (non-hydrogen) atoms. The molecule has 1 aliphatic heterocycles. The molecular formula is C7H13N3O3S. The number of carbonyl (C=O) groups is 1. The van der Waals surface area contributed by atoms with Crippen molar-refractivity contribution in [2.24, 2.45) is 0 Å². The molecule has 1 aliphatic rings. The number of nitrogens with zero attached hydrogens (tertiary/aromatic N) is 1. The lowest BCUT2D eigenvalue weighted by atomic mass is 10.3. The van der Waals surface area contributed by atoms with Crippen LogP contribution in [0.2, 0.25) is 0 Å². The summed E-state index contributed by atoms with van der Waals surface area (Å²) in [6, 6.07) is 0. The molecule has 1 fully saturated rings. The van der Waals surface area contributed by atoms with E-state index < -0.39 is 10.0 Å². The highest BCUT2D eigenvalue weighted by Gasteiger charge is 2.17. The minimum atomic E-state index is -3.38. The summed E-state index contributed by atoms with van der Waals surface area (Å²) in [4.78, 5) is 12.7. The summed E-state index contributed by atoms with van der Waals surface area (Å²) in [6.45, 7) is 1.81. The molecule has 1 heterocycles. The quantitative estimate of drug-likeness (QED) is 0.536. The van der Waals surface area contributed by atoms with Crippen molar-refractivity contribution in [1.29, 1.82) is 0 Å². The summed E-state index contributed by atoms with van der Waals surface area (Å²) in [7, 11) is 1.43. The van der Waals surface area contributed by atoms with E-state index in [1.54, 1.807) is 9.62 Å². The van der Waals surface area contributed by atoms with Crippen molar-refractivity contribution in [3.63, 3.8) is 0 Å². The molecule has 80 valence electrons. The standard InChI is InChI=1S/C7H13N3O3S/c1-8-14(12,13)5-4-10-3-2-9-7(11)6-10/h1,8H,2-6H2,(H,9,11). The number of hydrogen-bond acceptors (Lipinski definition) is 4. The van der Waals surface area contributed by atoms with E-state index in [9.17, 15) is 13.2 Å². The fourth-order valence-electron chi connectivity index (χ4n) is 1.19. The van der Waals surface area contributed by atoms with Crippen molar-refractivity contribution in [2.75, 3.05) is 31.9 Å². The maximum Gasteiger partial charge on any atom is 0.234 e. The van der Waals surface area contributed by atoms with E-state index in [2.05, 4.69) is 5.32 Å². The molecular weight excluding hydrogens is 206 g/mol. The molecule has 0 saturated carbocycles. The number of amides is 1. The fraction of sp³-hybridized carbons (Fsp3) is 0.714. The van der Waals surface area contributed by atoms with Crippen molar-refractivity contribution in [2.45, 2.75) is 0 Å². The van der Waals surface area contributed by atoms with Crippen molar-refractivity contribution in [3.8, 4) is 0 Å². The first kappa shape index (κ1) is 11.4. The van der Waals surface area contributed by atoms with Crippen LogP contribution in [-0.2, 0) is 14.8 Å². The van der Waals surface area contributed by atoms with Gasteiger partial charge in [-0.3, -0.25) is 9.69 Å². The zero-order valence-electron chi connectivity index (χ0n) is 7.69. The molecule has 0 aliphatic carbocycles. The first-order valence-electron chi connectivity index (χ1n) is 4.22. The van der Waals surface area contributed by atoms with Crippen LogP contribution in [0.4, 0.5) is 0 Å². The van der Waals surface area contributed by atoms with E-state index in [1.807, 2.05) is 0 Å². The SMILES string of the molecule is [CH]NS(=O)(=O)CCN1CCNC(=O)C1. The van der Waals surface area contributed by atoms with Gasteiger partial charge >= 0.3 is 0 Å². The molecule has 1 amide bonds. The Balaban J connectivity index is 2.34. The lowest BCUT2D eigenvalue weighted by Crippen LogP contribution is -2.49. The molecule has 0 atom stereocenters. The molecule has 1 saturated heterocycles. The first-order valence-corrected chi connectivity index (χ1v) is 5.88. The molecule has 0 bridgehead atoms. The predicted octanol–water partition coefficient (Wildman–Crippen LogP) is -1.99. The van der Waals surface area contributed by atoms with Crippen LogP contribution < -0.4 is 10.0 Å². The van der Waals surface area contributed by atoms with Gasteiger partial charge in [0.05, 0.1) is 19.3 Å². The molecule has 7 heteroatoms. The molecule has 6 nitrogen and oxygen atoms in total. The van der Waals surface area contributed by atoms with Gasteiger partial charge in [0.25, 0.3) is 0 Å². The Labute approximate surface area is 83.7 Å². The van der Waals surface area contributed by atoms with Gasteiger partial charge in [-0.05, 0) is 0 Å². The molecule has 0 unspecified atom stereocenters. The monoisotopic (exact) mass is 219 g/mol. The van der Waals surface area contributed by atoms with Gasteiger partial charge < -0.3 is 5.32 Å². The second kappa shape index (κ2) is 4.72. The Bertz CT molecular complexity index is 301. The number of rotatable bonds is 4. The number of carbonyl (C=O) groups excluding carboxylic acids is 1. The summed E-state index contributed by atoms with van der Waals surface area (Å²) >= 11 is 0. The average molecular weight is 219 g/mol. The van der Waals surface area contributed by atoms with Crippen LogP contribution in [0.5, 0.6) is 0 Å². The van der Waals surface area contributed by atoms with Crippen molar-refractivity contribution >= 4 is 15.9 Å². The van der Waals surface area contributed by atoms with Gasteiger partial charge in [0.15, 0.2) is 0 Å². The van der Waals surface area contributed by atoms with Crippen molar-refractivity contribution in [1.82, 2.24) is 14.9 Å². The number of nitrogens with one attached hydrogen (secondary N) is 2. The van der Waals surface area contributed by atoms with E-state index in [1.165, 1.54) is 0 Å².